The highest BCUT2D eigenvalue weighted by atomic mass is 28.3. The van der Waals surface area contributed by atoms with Crippen molar-refractivity contribution in [2.75, 3.05) is 0 Å². The lowest BCUT2D eigenvalue weighted by Gasteiger charge is -2.17. The predicted molar refractivity (Wildman–Crippen MR) is 163 cm³/mol. The van der Waals surface area contributed by atoms with E-state index in [1.54, 1.807) is 16.0 Å². The van der Waals surface area contributed by atoms with Crippen LogP contribution in [0, 0.1) is 0 Å². The molecule has 0 saturated heterocycles. The van der Waals surface area contributed by atoms with Crippen molar-refractivity contribution in [3.05, 3.63) is 108 Å². The quantitative estimate of drug-likeness (QED) is 0.231. The molecular weight excluding hydrogens is 492 g/mol. The third-order valence-corrected chi connectivity index (χ3v) is 11.7. The fraction of sp³-hybridized carbons (Fsp3) is 0.147. The Balaban J connectivity index is 1.49. The van der Waals surface area contributed by atoms with Crippen molar-refractivity contribution in [2.45, 2.75) is 32.2 Å². The molecule has 6 aromatic rings. The first-order valence-corrected chi connectivity index (χ1v) is 16.2. The molecular formula is C34H28N4Si. The molecule has 1 unspecified atom stereocenters. The van der Waals surface area contributed by atoms with E-state index in [9.17, 15) is 0 Å². The Morgan fingerprint density at radius 3 is 2.00 bits per heavy atom. The van der Waals surface area contributed by atoms with Gasteiger partial charge in [0.1, 0.15) is 0 Å². The van der Waals surface area contributed by atoms with E-state index in [4.69, 9.17) is 15.0 Å². The van der Waals surface area contributed by atoms with Gasteiger partial charge in [-0.25, -0.2) is 4.98 Å². The average molecular weight is 521 g/mol. The smallest absolute Gasteiger partial charge is 0.238 e. The molecule has 39 heavy (non-hydrogen) atoms. The Labute approximate surface area is 229 Å². The second-order valence-electron chi connectivity index (χ2n) is 10.7. The molecule has 3 heterocycles. The molecule has 4 nitrogen and oxygen atoms in total. The number of hydrogen-bond acceptors (Lipinski definition) is 3. The zero-order valence-electron chi connectivity index (χ0n) is 21.9. The van der Waals surface area contributed by atoms with Gasteiger partial charge in [-0.15, -0.1) is 0 Å². The van der Waals surface area contributed by atoms with Gasteiger partial charge in [0.15, 0.2) is 11.6 Å². The number of hydrogen-bond donors (Lipinski definition) is 0. The van der Waals surface area contributed by atoms with Crippen LogP contribution in [0.1, 0.15) is 31.2 Å². The molecule has 0 spiro atoms. The van der Waals surface area contributed by atoms with Crippen molar-refractivity contribution in [1.29, 1.82) is 0 Å². The van der Waals surface area contributed by atoms with Gasteiger partial charge in [0.25, 0.3) is 0 Å². The zero-order chi connectivity index (χ0) is 25.9. The number of benzene rings is 4. The summed E-state index contributed by atoms with van der Waals surface area (Å²) in [6, 6.07) is 34.0. The van der Waals surface area contributed by atoms with E-state index in [0.717, 1.165) is 16.6 Å². The first-order chi connectivity index (χ1) is 19.3. The number of aromatic nitrogens is 4. The van der Waals surface area contributed by atoms with Crippen LogP contribution in [0.2, 0.25) is 6.55 Å². The zero-order valence-corrected chi connectivity index (χ0v) is 23.1. The summed E-state index contributed by atoms with van der Waals surface area (Å²) in [5.74, 6) is 2.07. The minimum atomic E-state index is -1.16. The number of allylic oxidation sites excluding steroid dienone is 2. The minimum Gasteiger partial charge on any atom is -0.277 e. The summed E-state index contributed by atoms with van der Waals surface area (Å²) in [5.41, 5.74) is 7.48. The molecule has 8 rings (SSSR count). The van der Waals surface area contributed by atoms with Crippen molar-refractivity contribution in [3.8, 4) is 28.7 Å². The summed E-state index contributed by atoms with van der Waals surface area (Å²) < 4.78 is 2.33. The van der Waals surface area contributed by atoms with Gasteiger partial charge >= 0.3 is 0 Å². The molecule has 2 aliphatic rings. The Hall–Kier alpha value is -4.35. The van der Waals surface area contributed by atoms with Crippen LogP contribution in [0.25, 0.3) is 56.1 Å². The molecule has 0 radical (unpaired) electrons. The highest BCUT2D eigenvalue weighted by Crippen LogP contribution is 2.43. The van der Waals surface area contributed by atoms with E-state index in [1.807, 2.05) is 36.4 Å². The molecule has 2 aromatic heterocycles. The van der Waals surface area contributed by atoms with Gasteiger partial charge < -0.3 is 0 Å². The van der Waals surface area contributed by atoms with Crippen LogP contribution in [0.15, 0.2) is 102 Å². The maximum absolute atomic E-state index is 5.16. The topological polar surface area (TPSA) is 43.6 Å². The van der Waals surface area contributed by atoms with E-state index in [-0.39, 0.29) is 0 Å². The van der Waals surface area contributed by atoms with Crippen molar-refractivity contribution in [2.24, 2.45) is 0 Å². The monoisotopic (exact) mass is 520 g/mol. The molecule has 5 heteroatoms. The molecule has 0 amide bonds. The van der Waals surface area contributed by atoms with E-state index < -0.39 is 8.80 Å². The first kappa shape index (κ1) is 22.6. The summed E-state index contributed by atoms with van der Waals surface area (Å²) in [6.45, 7) is 2.52. The molecule has 0 saturated carbocycles. The highest BCUT2D eigenvalue weighted by molar-refractivity contribution is 6.82. The second-order valence-corrected chi connectivity index (χ2v) is 13.5. The maximum Gasteiger partial charge on any atom is 0.238 e. The van der Waals surface area contributed by atoms with Crippen molar-refractivity contribution in [3.63, 3.8) is 0 Å². The van der Waals surface area contributed by atoms with Gasteiger partial charge in [0.05, 0.1) is 19.8 Å². The summed E-state index contributed by atoms with van der Waals surface area (Å²) >= 11 is 0. The van der Waals surface area contributed by atoms with Crippen molar-refractivity contribution >= 4 is 41.4 Å². The van der Waals surface area contributed by atoms with Crippen LogP contribution in [-0.2, 0) is 0 Å². The first-order valence-electron chi connectivity index (χ1n) is 13.9. The Bertz CT molecular complexity index is 1860. The number of fused-ring (bicyclic) bond motifs is 6. The molecule has 188 valence electrons. The second kappa shape index (κ2) is 8.85. The van der Waals surface area contributed by atoms with Gasteiger partial charge in [0, 0.05) is 27.5 Å². The molecule has 4 aromatic carbocycles. The standard InChI is InChI=1S/C34H28N4Si/c1-39-28-19-11-9-17-26(28)30-29(39)21-20-25-24-16-8-10-18-27(24)38(31(25)30)34-36-32(22-12-4-2-5-13-22)35-33(37-34)23-14-6-3-7-15-23/h2-8,10,12-16,18,20-21,39H,9,11,17,19H2,1H3. The highest BCUT2D eigenvalue weighted by Gasteiger charge is 2.34. The van der Waals surface area contributed by atoms with Gasteiger partial charge in [0.2, 0.25) is 5.95 Å². The molecule has 0 N–H and O–H groups in total. The number of para-hydroxylation sites is 1. The Morgan fingerprint density at radius 2 is 1.28 bits per heavy atom. The number of rotatable bonds is 3. The Morgan fingerprint density at radius 1 is 0.641 bits per heavy atom. The predicted octanol–water partition coefficient (Wildman–Crippen LogP) is 7.25. The Kier molecular flexibility index (Phi) is 5.13. The molecule has 1 aliphatic carbocycles. The lowest BCUT2D eigenvalue weighted by atomic mass is 9.92. The van der Waals surface area contributed by atoms with E-state index in [2.05, 4.69) is 71.8 Å². The van der Waals surface area contributed by atoms with Crippen LogP contribution in [0.3, 0.4) is 0 Å². The fourth-order valence-corrected chi connectivity index (χ4v) is 9.69. The van der Waals surface area contributed by atoms with Gasteiger partial charge in [-0.1, -0.05) is 103 Å². The summed E-state index contributed by atoms with van der Waals surface area (Å²) in [6.07, 6.45) is 5.05. The summed E-state index contributed by atoms with van der Waals surface area (Å²) in [7, 11) is -1.16. The van der Waals surface area contributed by atoms with Crippen LogP contribution in [0.4, 0.5) is 0 Å². The van der Waals surface area contributed by atoms with Crippen LogP contribution < -0.4 is 5.19 Å². The SMILES string of the molecule is C[SiH]1C2=C(CCCC2)c2c1ccc1c3ccccc3n(-c3nc(-c4ccccc4)nc(-c4ccccc4)n3)c21. The molecule has 1 aliphatic heterocycles. The normalized spacial score (nSPS) is 16.6. The lowest BCUT2D eigenvalue weighted by molar-refractivity contribution is 0.734. The van der Waals surface area contributed by atoms with Crippen LogP contribution in [0.5, 0.6) is 0 Å². The minimum absolute atomic E-state index is 0.682. The van der Waals surface area contributed by atoms with E-state index in [1.165, 1.54) is 47.5 Å². The van der Waals surface area contributed by atoms with Gasteiger partial charge in [-0.3, -0.25) is 4.57 Å². The third-order valence-electron chi connectivity index (χ3n) is 8.56. The molecule has 0 bridgehead atoms. The maximum atomic E-state index is 5.16. The summed E-state index contributed by atoms with van der Waals surface area (Å²) in [5, 5.41) is 5.88. The van der Waals surface area contributed by atoms with Gasteiger partial charge in [-0.05, 0) is 42.5 Å². The average Bonchev–Trinajstić information content (AvgIpc) is 3.50. The van der Waals surface area contributed by atoms with Crippen molar-refractivity contribution in [1.82, 2.24) is 19.5 Å². The molecule has 1 atom stereocenters. The van der Waals surface area contributed by atoms with E-state index >= 15 is 0 Å². The lowest BCUT2D eigenvalue weighted by Crippen LogP contribution is -2.26. The number of nitrogens with zero attached hydrogens (tertiary/aromatic N) is 4. The fourth-order valence-electron chi connectivity index (χ4n) is 6.74. The van der Waals surface area contributed by atoms with Crippen LogP contribution >= 0.6 is 0 Å². The van der Waals surface area contributed by atoms with Crippen molar-refractivity contribution < 1.29 is 0 Å². The summed E-state index contributed by atoms with van der Waals surface area (Å²) in [4.78, 5) is 15.3. The van der Waals surface area contributed by atoms with Crippen LogP contribution in [-0.4, -0.2) is 28.3 Å². The van der Waals surface area contributed by atoms with E-state index in [0.29, 0.717) is 17.6 Å². The molecule has 0 fully saturated rings. The largest absolute Gasteiger partial charge is 0.277 e. The van der Waals surface area contributed by atoms with Gasteiger partial charge in [-0.2, -0.15) is 9.97 Å². The third kappa shape index (κ3) is 3.46.